The highest BCUT2D eigenvalue weighted by molar-refractivity contribution is 6.32. The molecule has 0 unspecified atom stereocenters. The van der Waals surface area contributed by atoms with Crippen molar-refractivity contribution in [2.24, 2.45) is 0 Å². The molecule has 0 saturated carbocycles. The van der Waals surface area contributed by atoms with Gasteiger partial charge in [0.1, 0.15) is 5.82 Å². The van der Waals surface area contributed by atoms with Crippen LogP contribution < -0.4 is 10.7 Å². The van der Waals surface area contributed by atoms with Gasteiger partial charge in [-0.25, -0.2) is 9.36 Å². The first-order valence-electron chi connectivity index (χ1n) is 10.2. The van der Waals surface area contributed by atoms with Gasteiger partial charge in [0.2, 0.25) is 5.43 Å². The number of aromatic nitrogens is 4. The summed E-state index contributed by atoms with van der Waals surface area (Å²) in [6.45, 7) is 4.32. The Labute approximate surface area is 190 Å². The molecule has 2 aromatic carbocycles. The molecule has 0 saturated heterocycles. The summed E-state index contributed by atoms with van der Waals surface area (Å²) in [5.41, 5.74) is 2.76. The first-order valence-corrected chi connectivity index (χ1v) is 10.6. The van der Waals surface area contributed by atoms with Crippen LogP contribution in [0.3, 0.4) is 0 Å². The molecule has 2 aromatic heterocycles. The fourth-order valence-corrected chi connectivity index (χ4v) is 3.58. The van der Waals surface area contributed by atoms with Crippen LogP contribution in [0.25, 0.3) is 5.69 Å². The molecule has 0 radical (unpaired) electrons. The maximum Gasteiger partial charge on any atom is 0.281 e. The van der Waals surface area contributed by atoms with Gasteiger partial charge in [-0.3, -0.25) is 9.59 Å². The van der Waals surface area contributed by atoms with Crippen molar-refractivity contribution in [3.63, 3.8) is 0 Å². The quantitative estimate of drug-likeness (QED) is 0.479. The minimum atomic E-state index is -0.612. The molecular formula is C24H22ClN5O2. The average molecular weight is 448 g/mol. The second-order valence-corrected chi connectivity index (χ2v) is 7.77. The van der Waals surface area contributed by atoms with Crippen molar-refractivity contribution in [3.05, 3.63) is 105 Å². The molecule has 8 heteroatoms. The molecule has 4 rings (SSSR count). The molecule has 0 bridgehead atoms. The standard InChI is InChI=1S/C24H22ClN5O2/c1-3-17-8-10-18(11-9-17)15-29-22(12-13-26-29)27-24(32)23-21(31)14-16(2)30(28-23)20-7-5-4-6-19(20)25/h4-14H,3,15H2,1-2H3,(H,27,32). The lowest BCUT2D eigenvalue weighted by atomic mass is 10.1. The third kappa shape index (κ3) is 4.48. The van der Waals surface area contributed by atoms with Crippen molar-refractivity contribution in [2.75, 3.05) is 5.32 Å². The third-order valence-corrected chi connectivity index (χ3v) is 5.44. The van der Waals surface area contributed by atoms with Gasteiger partial charge >= 0.3 is 0 Å². The molecule has 2 heterocycles. The zero-order valence-electron chi connectivity index (χ0n) is 17.7. The molecule has 4 aromatic rings. The smallest absolute Gasteiger partial charge is 0.281 e. The minimum Gasteiger partial charge on any atom is -0.305 e. The SMILES string of the molecule is CCc1ccc(Cn2nccc2NC(=O)c2nn(-c3ccccc3Cl)c(C)cc2=O)cc1. The first-order chi connectivity index (χ1) is 15.5. The summed E-state index contributed by atoms with van der Waals surface area (Å²) in [7, 11) is 0. The predicted molar refractivity (Wildman–Crippen MR) is 125 cm³/mol. The Morgan fingerprint density at radius 3 is 2.50 bits per heavy atom. The van der Waals surface area contributed by atoms with Gasteiger partial charge in [-0.2, -0.15) is 10.2 Å². The normalized spacial score (nSPS) is 10.8. The van der Waals surface area contributed by atoms with Crippen LogP contribution in [0.15, 0.2) is 71.7 Å². The van der Waals surface area contributed by atoms with Crippen molar-refractivity contribution in [1.29, 1.82) is 0 Å². The Hall–Kier alpha value is -3.71. The number of carbonyl (C=O) groups is 1. The lowest BCUT2D eigenvalue weighted by Crippen LogP contribution is -2.27. The van der Waals surface area contributed by atoms with E-state index in [4.69, 9.17) is 11.6 Å². The van der Waals surface area contributed by atoms with E-state index < -0.39 is 11.3 Å². The number of aryl methyl sites for hydroxylation is 2. The van der Waals surface area contributed by atoms with Crippen LogP contribution >= 0.6 is 11.6 Å². The minimum absolute atomic E-state index is 0.226. The summed E-state index contributed by atoms with van der Waals surface area (Å²) in [6.07, 6.45) is 2.57. The number of para-hydroxylation sites is 1. The third-order valence-electron chi connectivity index (χ3n) is 5.12. The zero-order chi connectivity index (χ0) is 22.7. The Kier molecular flexibility index (Phi) is 6.18. The van der Waals surface area contributed by atoms with E-state index >= 15 is 0 Å². The summed E-state index contributed by atoms with van der Waals surface area (Å²) in [5, 5.41) is 11.8. The second-order valence-electron chi connectivity index (χ2n) is 7.36. The Morgan fingerprint density at radius 1 is 1.06 bits per heavy atom. The van der Waals surface area contributed by atoms with Gasteiger partial charge in [-0.05, 0) is 36.6 Å². The summed E-state index contributed by atoms with van der Waals surface area (Å²) in [4.78, 5) is 25.5. The lowest BCUT2D eigenvalue weighted by molar-refractivity contribution is 0.101. The molecule has 0 atom stereocenters. The van der Waals surface area contributed by atoms with Gasteiger partial charge in [0.05, 0.1) is 23.5 Å². The van der Waals surface area contributed by atoms with E-state index in [1.165, 1.54) is 16.3 Å². The van der Waals surface area contributed by atoms with Crippen molar-refractivity contribution in [2.45, 2.75) is 26.8 Å². The topological polar surface area (TPSA) is 81.8 Å². The van der Waals surface area contributed by atoms with Gasteiger partial charge in [0.25, 0.3) is 5.91 Å². The number of carbonyl (C=O) groups excluding carboxylic acids is 1. The number of nitrogens with one attached hydrogen (secondary N) is 1. The molecule has 1 amide bonds. The number of nitrogens with zero attached hydrogens (tertiary/aromatic N) is 4. The lowest BCUT2D eigenvalue weighted by Gasteiger charge is -2.13. The highest BCUT2D eigenvalue weighted by Crippen LogP contribution is 2.20. The Morgan fingerprint density at radius 2 is 1.78 bits per heavy atom. The molecular weight excluding hydrogens is 426 g/mol. The van der Waals surface area contributed by atoms with E-state index in [-0.39, 0.29) is 5.69 Å². The van der Waals surface area contributed by atoms with E-state index in [1.54, 1.807) is 42.1 Å². The van der Waals surface area contributed by atoms with E-state index in [1.807, 2.05) is 18.2 Å². The van der Waals surface area contributed by atoms with Crippen LogP contribution in [0.2, 0.25) is 5.02 Å². The van der Waals surface area contributed by atoms with E-state index in [0.29, 0.717) is 28.8 Å². The first kappa shape index (κ1) is 21.5. The van der Waals surface area contributed by atoms with Crippen LogP contribution in [-0.4, -0.2) is 25.5 Å². The Balaban J connectivity index is 1.60. The molecule has 0 aliphatic carbocycles. The summed E-state index contributed by atoms with van der Waals surface area (Å²) in [6, 6.07) is 18.4. The van der Waals surface area contributed by atoms with Crippen LogP contribution in [0.5, 0.6) is 0 Å². The zero-order valence-corrected chi connectivity index (χ0v) is 18.5. The van der Waals surface area contributed by atoms with Gasteiger partial charge in [-0.1, -0.05) is 54.9 Å². The summed E-state index contributed by atoms with van der Waals surface area (Å²) < 4.78 is 3.16. The largest absolute Gasteiger partial charge is 0.305 e. The highest BCUT2D eigenvalue weighted by Gasteiger charge is 2.18. The Bertz CT molecular complexity index is 1320. The van der Waals surface area contributed by atoms with Crippen LogP contribution in [-0.2, 0) is 13.0 Å². The number of hydrogen-bond donors (Lipinski definition) is 1. The summed E-state index contributed by atoms with van der Waals surface area (Å²) >= 11 is 6.28. The number of benzene rings is 2. The van der Waals surface area contributed by atoms with E-state index in [0.717, 1.165) is 12.0 Å². The van der Waals surface area contributed by atoms with E-state index in [2.05, 4.69) is 34.6 Å². The molecule has 32 heavy (non-hydrogen) atoms. The fraction of sp³-hybridized carbons (Fsp3) is 0.167. The van der Waals surface area contributed by atoms with Gasteiger partial charge in [0.15, 0.2) is 5.69 Å². The monoisotopic (exact) mass is 447 g/mol. The maximum absolute atomic E-state index is 12.9. The number of rotatable bonds is 6. The van der Waals surface area contributed by atoms with Crippen LogP contribution in [0.1, 0.15) is 34.2 Å². The highest BCUT2D eigenvalue weighted by atomic mass is 35.5. The van der Waals surface area contributed by atoms with Crippen molar-refractivity contribution in [1.82, 2.24) is 19.6 Å². The van der Waals surface area contributed by atoms with Gasteiger partial charge in [-0.15, -0.1) is 0 Å². The van der Waals surface area contributed by atoms with Crippen LogP contribution in [0, 0.1) is 6.92 Å². The number of amides is 1. The molecule has 0 fully saturated rings. The van der Waals surface area contributed by atoms with Crippen molar-refractivity contribution < 1.29 is 4.79 Å². The second kappa shape index (κ2) is 9.20. The predicted octanol–water partition coefficient (Wildman–Crippen LogP) is 4.25. The summed E-state index contributed by atoms with van der Waals surface area (Å²) in [5.74, 6) is -0.139. The molecule has 0 aliphatic heterocycles. The van der Waals surface area contributed by atoms with Crippen molar-refractivity contribution in [3.8, 4) is 5.69 Å². The number of hydrogen-bond acceptors (Lipinski definition) is 4. The molecule has 0 aliphatic rings. The van der Waals surface area contributed by atoms with E-state index in [9.17, 15) is 9.59 Å². The molecule has 0 spiro atoms. The van der Waals surface area contributed by atoms with Gasteiger partial charge < -0.3 is 5.32 Å². The number of halogens is 1. The van der Waals surface area contributed by atoms with Crippen LogP contribution in [0.4, 0.5) is 5.82 Å². The van der Waals surface area contributed by atoms with Crippen molar-refractivity contribution >= 4 is 23.3 Å². The molecule has 7 nitrogen and oxygen atoms in total. The van der Waals surface area contributed by atoms with Gasteiger partial charge in [0, 0.05) is 17.8 Å². The fourth-order valence-electron chi connectivity index (χ4n) is 3.37. The molecule has 1 N–H and O–H groups in total. The maximum atomic E-state index is 12.9. The number of anilines is 1. The average Bonchev–Trinajstić information content (AvgIpc) is 3.21. The molecule has 162 valence electrons.